The Hall–Kier alpha value is -5.26. The van der Waals surface area contributed by atoms with Crippen LogP contribution in [0.25, 0.3) is 49.4 Å². The maximum absolute atomic E-state index is 6.41. The maximum Gasteiger partial charge on any atom is 2.00 e. The van der Waals surface area contributed by atoms with Gasteiger partial charge in [0.05, 0.1) is 0 Å². The number of pyridine rings is 2. The van der Waals surface area contributed by atoms with E-state index in [1.54, 1.807) is 0 Å². The van der Waals surface area contributed by atoms with Crippen molar-refractivity contribution in [3.8, 4) is 17.4 Å². The molecule has 0 amide bonds. The zero-order valence-corrected chi connectivity index (χ0v) is 31.4. The minimum Gasteiger partial charge on any atom is -0.448 e. The van der Waals surface area contributed by atoms with Crippen molar-refractivity contribution in [1.82, 2.24) is 19.0 Å². The van der Waals surface area contributed by atoms with Gasteiger partial charge in [-0.2, -0.15) is 6.07 Å². The molecule has 0 saturated heterocycles. The predicted molar refractivity (Wildman–Crippen MR) is 205 cm³/mol. The quantitative estimate of drug-likeness (QED) is 0.0986. The first-order valence-electron chi connectivity index (χ1n) is 17.0. The second-order valence-electron chi connectivity index (χ2n) is 14.1. The van der Waals surface area contributed by atoms with Gasteiger partial charge in [0.2, 0.25) is 5.82 Å². The van der Waals surface area contributed by atoms with Crippen molar-refractivity contribution in [2.75, 3.05) is 0 Å². The molecule has 51 heavy (non-hydrogen) atoms. The monoisotopic (exact) mass is 843 g/mol. The first-order valence-corrected chi connectivity index (χ1v) is 17.0. The molecule has 250 valence electrons. The summed E-state index contributed by atoms with van der Waals surface area (Å²) in [6, 6.07) is 39.2. The molecule has 6 nitrogen and oxygen atoms in total. The third-order valence-electron chi connectivity index (χ3n) is 9.78. The van der Waals surface area contributed by atoms with Crippen molar-refractivity contribution in [2.45, 2.75) is 40.0 Å². The Morgan fingerprint density at radius 3 is 2.22 bits per heavy atom. The minimum absolute atomic E-state index is 0. The van der Waals surface area contributed by atoms with Crippen molar-refractivity contribution in [3.63, 3.8) is 0 Å². The zero-order valence-electron chi connectivity index (χ0n) is 29.1. The summed E-state index contributed by atoms with van der Waals surface area (Å²) in [6.45, 7) is 10.9. The summed E-state index contributed by atoms with van der Waals surface area (Å²) in [7, 11) is 0. The number of benzene rings is 4. The van der Waals surface area contributed by atoms with Crippen molar-refractivity contribution < 1.29 is 30.4 Å². The topological polar surface area (TPSA) is 47.9 Å². The van der Waals surface area contributed by atoms with Crippen LogP contribution in [0.5, 0.6) is 11.6 Å². The average Bonchev–Trinajstić information content (AvgIpc) is 3.82. The zero-order chi connectivity index (χ0) is 34.1. The van der Waals surface area contributed by atoms with Gasteiger partial charge in [-0.1, -0.05) is 91.9 Å². The summed E-state index contributed by atoms with van der Waals surface area (Å²) >= 11 is 0. The second-order valence-corrected chi connectivity index (χ2v) is 14.1. The molecule has 0 saturated carbocycles. The summed E-state index contributed by atoms with van der Waals surface area (Å²) in [4.78, 5) is 9.71. The second kappa shape index (κ2) is 12.5. The van der Waals surface area contributed by atoms with Gasteiger partial charge in [-0.05, 0) is 77.9 Å². The van der Waals surface area contributed by atoms with Gasteiger partial charge in [0.15, 0.2) is 0 Å². The maximum atomic E-state index is 6.41. The van der Waals surface area contributed by atoms with E-state index in [0.717, 1.165) is 33.4 Å². The molecule has 0 spiro atoms. The molecule has 0 fully saturated rings. The Balaban J connectivity index is 0.00000374. The van der Waals surface area contributed by atoms with E-state index in [4.69, 9.17) is 14.7 Å². The van der Waals surface area contributed by atoms with Gasteiger partial charge in [-0.3, -0.25) is 0 Å². The first kappa shape index (κ1) is 32.9. The van der Waals surface area contributed by atoms with Crippen LogP contribution in [0.2, 0.25) is 0 Å². The van der Waals surface area contributed by atoms with E-state index in [0.29, 0.717) is 11.6 Å². The molecule has 0 atom stereocenters. The van der Waals surface area contributed by atoms with Gasteiger partial charge in [0.25, 0.3) is 6.85 Å². The first-order chi connectivity index (χ1) is 24.2. The molecule has 1 aliphatic heterocycles. The molecule has 8 aromatic rings. The third-order valence-corrected chi connectivity index (χ3v) is 9.78. The van der Waals surface area contributed by atoms with Crippen LogP contribution in [0.3, 0.4) is 0 Å². The van der Waals surface area contributed by atoms with Crippen LogP contribution < -0.4 is 4.74 Å². The van der Waals surface area contributed by atoms with Gasteiger partial charge in [0, 0.05) is 45.3 Å². The molecular weight excluding hydrogens is 808 g/mol. The van der Waals surface area contributed by atoms with Gasteiger partial charge in [-0.25, -0.2) is 4.98 Å². The number of hydrogen-bond donors (Lipinski definition) is 0. The SMILES string of the molecule is Cc1cccc2c3cccc(C)c3n(B3[C-]=[N+](c4cccc(Oc5[c-]c6c(cc5)c5ccccc5n6-c5cc(C(C)(C)C)ccn5)n4)C=C3)c12.[Pt+2]. The van der Waals surface area contributed by atoms with E-state index >= 15 is 0 Å². The van der Waals surface area contributed by atoms with Crippen LogP contribution >= 0.6 is 0 Å². The number of aryl methyl sites for hydroxylation is 2. The van der Waals surface area contributed by atoms with E-state index in [1.807, 2.05) is 41.2 Å². The van der Waals surface area contributed by atoms with E-state index in [9.17, 15) is 0 Å². The number of nitrogens with zero attached hydrogens (tertiary/aromatic N) is 5. The molecule has 0 radical (unpaired) electrons. The number of para-hydroxylation sites is 3. The van der Waals surface area contributed by atoms with E-state index in [1.165, 1.54) is 38.5 Å². The number of hydrogen-bond acceptors (Lipinski definition) is 3. The normalized spacial score (nSPS) is 13.0. The average molecular weight is 844 g/mol. The van der Waals surface area contributed by atoms with Crippen LogP contribution in [0, 0.1) is 19.9 Å². The van der Waals surface area contributed by atoms with Gasteiger partial charge in [-0.15, -0.1) is 23.5 Å². The van der Waals surface area contributed by atoms with Crippen molar-refractivity contribution in [2.24, 2.45) is 0 Å². The summed E-state index contributed by atoms with van der Waals surface area (Å²) < 4.78 is 13.0. The third kappa shape index (κ3) is 5.52. The fourth-order valence-electron chi connectivity index (χ4n) is 7.35. The fourth-order valence-corrected chi connectivity index (χ4v) is 7.35. The van der Waals surface area contributed by atoms with E-state index < -0.39 is 0 Å². The van der Waals surface area contributed by atoms with E-state index in [2.05, 4.69) is 141 Å². The number of aromatic nitrogens is 4. The molecule has 0 bridgehead atoms. The molecule has 0 unspecified atom stereocenters. The van der Waals surface area contributed by atoms with Crippen LogP contribution in [-0.2, 0) is 26.5 Å². The molecule has 4 aromatic heterocycles. The Labute approximate surface area is 312 Å². The predicted octanol–water partition coefficient (Wildman–Crippen LogP) is 9.92. The van der Waals surface area contributed by atoms with Crippen LogP contribution in [0.15, 0.2) is 122 Å². The van der Waals surface area contributed by atoms with Crippen molar-refractivity contribution >= 4 is 62.4 Å². The molecule has 5 heterocycles. The van der Waals surface area contributed by atoms with Crippen molar-refractivity contribution in [1.29, 1.82) is 0 Å². The molecular formula is C43H35BN5OPt+. The van der Waals surface area contributed by atoms with Crippen molar-refractivity contribution in [3.05, 3.63) is 144 Å². The standard InChI is InChI=1S/C43H35BN5O.Pt/c1-28-11-8-14-34-35-15-9-12-29(2)42(35)49(41(28)34)44-22-24-47(27-44)38-17-10-18-40(46-38)50-31-19-20-33-32-13-6-7-16-36(32)48(37(33)26-31)39-25-30(21-23-45-39)43(3,4)5;/h6-25H,1-5H3;/q-1;+2. The van der Waals surface area contributed by atoms with Gasteiger partial charge in [0.1, 0.15) is 5.82 Å². The van der Waals surface area contributed by atoms with Gasteiger partial charge < -0.3 is 18.4 Å². The molecule has 1 aliphatic rings. The van der Waals surface area contributed by atoms with Crippen LogP contribution in [-0.4, -0.2) is 36.6 Å². The largest absolute Gasteiger partial charge is 2.00 e. The Bertz CT molecular complexity index is 2660. The minimum atomic E-state index is -0.0911. The molecule has 4 aromatic carbocycles. The number of ether oxygens (including phenoxy) is 1. The molecule has 9 rings (SSSR count). The Kier molecular flexibility index (Phi) is 8.07. The summed E-state index contributed by atoms with van der Waals surface area (Å²) in [5.41, 5.74) is 8.13. The van der Waals surface area contributed by atoms with Crippen LogP contribution in [0.4, 0.5) is 5.82 Å². The summed E-state index contributed by atoms with van der Waals surface area (Å²) in [6.07, 6.45) is 7.60. The van der Waals surface area contributed by atoms with Gasteiger partial charge >= 0.3 is 26.9 Å². The molecule has 0 N–H and O–H groups in total. The Morgan fingerprint density at radius 2 is 1.47 bits per heavy atom. The Morgan fingerprint density at radius 1 is 0.765 bits per heavy atom. The van der Waals surface area contributed by atoms with E-state index in [-0.39, 0.29) is 33.3 Å². The molecule has 0 aliphatic carbocycles. The smallest absolute Gasteiger partial charge is 0.448 e. The van der Waals surface area contributed by atoms with Crippen LogP contribution in [0.1, 0.15) is 37.5 Å². The fraction of sp³-hybridized carbons (Fsp3) is 0.140. The summed E-state index contributed by atoms with van der Waals surface area (Å²) in [5, 5.41) is 4.75. The number of fused-ring (bicyclic) bond motifs is 6. The number of rotatable bonds is 5. The summed E-state index contributed by atoms with van der Waals surface area (Å²) in [5.74, 6) is 4.82. The molecule has 8 heteroatoms.